The Balaban J connectivity index is 1.82. The fourth-order valence-electron chi connectivity index (χ4n) is 4.23. The molecule has 0 fully saturated rings. The Labute approximate surface area is 152 Å². The van der Waals surface area contributed by atoms with Gasteiger partial charge in [-0.25, -0.2) is 0 Å². The summed E-state index contributed by atoms with van der Waals surface area (Å²) in [6.45, 7) is 0. The van der Waals surface area contributed by atoms with Gasteiger partial charge in [0.05, 0.1) is 0 Å². The van der Waals surface area contributed by atoms with Crippen molar-refractivity contribution in [2.75, 3.05) is 14.1 Å². The van der Waals surface area contributed by atoms with Gasteiger partial charge in [0.25, 0.3) is 0 Å². The molecule has 4 rings (SSSR count). The minimum Gasteiger partial charge on any atom is -0.302 e. The maximum absolute atomic E-state index is 2.54. The molecular weight excluding hydrogens is 321 g/mol. The molecule has 0 bridgehead atoms. The van der Waals surface area contributed by atoms with Gasteiger partial charge in [0.2, 0.25) is 0 Å². The molecule has 1 atom stereocenters. The second kappa shape index (κ2) is 7.28. The van der Waals surface area contributed by atoms with Crippen LogP contribution in [0.15, 0.2) is 83.2 Å². The molecule has 128 valence electrons. The quantitative estimate of drug-likeness (QED) is 0.717. The molecule has 0 aliphatic heterocycles. The monoisotopic (exact) mass is 347 g/mol. The molecule has 2 aliphatic rings. The summed E-state index contributed by atoms with van der Waals surface area (Å²) in [4.78, 5) is 2.43. The van der Waals surface area contributed by atoms with Gasteiger partial charge in [-0.05, 0) is 69.2 Å². The van der Waals surface area contributed by atoms with Crippen LogP contribution >= 0.6 is 7.92 Å². The molecule has 2 aromatic carbocycles. The van der Waals surface area contributed by atoms with Crippen LogP contribution in [-0.4, -0.2) is 25.0 Å². The van der Waals surface area contributed by atoms with Crippen molar-refractivity contribution in [2.45, 2.75) is 31.7 Å². The van der Waals surface area contributed by atoms with E-state index < -0.39 is 7.92 Å². The Bertz CT molecular complexity index is 750. The minimum absolute atomic E-state index is 0.470. The number of hydrogen-bond donors (Lipinski definition) is 0. The molecule has 0 spiro atoms. The number of likely N-dealkylation sites (N-methyl/N-ethyl adjacent to an activating group) is 1. The summed E-state index contributed by atoms with van der Waals surface area (Å²) < 4.78 is 0. The first-order valence-corrected chi connectivity index (χ1v) is 10.6. The highest BCUT2D eigenvalue weighted by Crippen LogP contribution is 2.54. The number of rotatable bonds is 4. The molecule has 0 saturated heterocycles. The molecule has 2 aromatic rings. The average molecular weight is 347 g/mol. The predicted molar refractivity (Wildman–Crippen MR) is 110 cm³/mol. The summed E-state index contributed by atoms with van der Waals surface area (Å²) in [6.07, 6.45) is 7.60. The van der Waals surface area contributed by atoms with Crippen molar-refractivity contribution in [1.29, 1.82) is 0 Å². The molecule has 0 radical (unpaired) electrons. The molecule has 2 heteroatoms. The molecule has 0 saturated carbocycles. The highest BCUT2D eigenvalue weighted by atomic mass is 31.1. The zero-order chi connectivity index (χ0) is 17.2. The van der Waals surface area contributed by atoms with E-state index in [1.165, 1.54) is 29.9 Å². The van der Waals surface area contributed by atoms with Gasteiger partial charge in [-0.1, -0.05) is 72.3 Å². The Morgan fingerprint density at radius 2 is 1.48 bits per heavy atom. The standard InChI is InChI=1S/C23H26NP/c1-24(2)21-15-9-10-18-16-17-22(23(18)21)25(19-11-5-3-6-12-19)20-13-7-4-8-14-20/h3-8,11-14,17,21H,9-10,15-16H2,1-2H3/t21-/m0/s1. The van der Waals surface area contributed by atoms with Crippen molar-refractivity contribution in [3.63, 3.8) is 0 Å². The number of benzene rings is 2. The van der Waals surface area contributed by atoms with Crippen LogP contribution in [0, 0.1) is 0 Å². The third-order valence-corrected chi connectivity index (χ3v) is 7.92. The maximum Gasteiger partial charge on any atom is 0.0348 e. The molecule has 25 heavy (non-hydrogen) atoms. The summed E-state index contributed by atoms with van der Waals surface area (Å²) in [7, 11) is 4.01. The molecule has 0 N–H and O–H groups in total. The first-order valence-electron chi connectivity index (χ1n) is 9.25. The molecule has 0 unspecified atom stereocenters. The van der Waals surface area contributed by atoms with Crippen LogP contribution in [-0.2, 0) is 0 Å². The number of nitrogens with zero attached hydrogens (tertiary/aromatic N) is 1. The third-order valence-electron chi connectivity index (χ3n) is 5.38. The van der Waals surface area contributed by atoms with E-state index in [0.717, 1.165) is 6.42 Å². The Morgan fingerprint density at radius 1 is 0.880 bits per heavy atom. The normalized spacial score (nSPS) is 20.2. The van der Waals surface area contributed by atoms with E-state index in [-0.39, 0.29) is 0 Å². The van der Waals surface area contributed by atoms with Gasteiger partial charge < -0.3 is 4.90 Å². The van der Waals surface area contributed by atoms with Gasteiger partial charge in [0.15, 0.2) is 0 Å². The molecule has 0 amide bonds. The van der Waals surface area contributed by atoms with Gasteiger partial charge in [-0.15, -0.1) is 0 Å². The largest absolute Gasteiger partial charge is 0.302 e. The SMILES string of the molecule is CN(C)[C@H]1CCCC2=C1C(P(c1ccccc1)c1ccccc1)=CC2. The maximum atomic E-state index is 2.54. The second-order valence-electron chi connectivity index (χ2n) is 7.19. The summed E-state index contributed by atoms with van der Waals surface area (Å²) in [5.74, 6) is 0. The zero-order valence-electron chi connectivity index (χ0n) is 15.2. The predicted octanol–water partition coefficient (Wildman–Crippen LogP) is 4.82. The topological polar surface area (TPSA) is 3.24 Å². The van der Waals surface area contributed by atoms with E-state index in [1.54, 1.807) is 16.5 Å². The van der Waals surface area contributed by atoms with Crippen LogP contribution in [0.4, 0.5) is 0 Å². The van der Waals surface area contributed by atoms with E-state index in [0.29, 0.717) is 6.04 Å². The average Bonchev–Trinajstić information content (AvgIpc) is 3.08. The molecule has 0 aromatic heterocycles. The summed E-state index contributed by atoms with van der Waals surface area (Å²) in [5.41, 5.74) is 3.36. The van der Waals surface area contributed by atoms with Gasteiger partial charge in [0, 0.05) is 6.04 Å². The highest BCUT2D eigenvalue weighted by molar-refractivity contribution is 7.77. The van der Waals surface area contributed by atoms with E-state index in [4.69, 9.17) is 0 Å². The van der Waals surface area contributed by atoms with Crippen LogP contribution in [0.3, 0.4) is 0 Å². The second-order valence-corrected chi connectivity index (χ2v) is 9.37. The lowest BCUT2D eigenvalue weighted by Crippen LogP contribution is -2.33. The van der Waals surface area contributed by atoms with Crippen LogP contribution < -0.4 is 10.6 Å². The van der Waals surface area contributed by atoms with Crippen molar-refractivity contribution >= 4 is 18.5 Å². The Morgan fingerprint density at radius 3 is 2.04 bits per heavy atom. The fraction of sp³-hybridized carbons (Fsp3) is 0.304. The molecule has 0 heterocycles. The smallest absolute Gasteiger partial charge is 0.0348 e. The Kier molecular flexibility index (Phi) is 4.88. The van der Waals surface area contributed by atoms with Crippen molar-refractivity contribution in [3.05, 3.63) is 83.2 Å². The van der Waals surface area contributed by atoms with E-state index in [9.17, 15) is 0 Å². The van der Waals surface area contributed by atoms with Gasteiger partial charge in [0.1, 0.15) is 0 Å². The number of hydrogen-bond acceptors (Lipinski definition) is 1. The van der Waals surface area contributed by atoms with Crippen molar-refractivity contribution in [1.82, 2.24) is 4.90 Å². The van der Waals surface area contributed by atoms with Gasteiger partial charge >= 0.3 is 0 Å². The lowest BCUT2D eigenvalue weighted by molar-refractivity contribution is 0.303. The fourth-order valence-corrected chi connectivity index (χ4v) is 6.84. The third kappa shape index (κ3) is 3.24. The summed E-state index contributed by atoms with van der Waals surface area (Å²) >= 11 is 0. The highest BCUT2D eigenvalue weighted by Gasteiger charge is 2.34. The van der Waals surface area contributed by atoms with E-state index in [1.807, 2.05) is 0 Å². The first-order chi connectivity index (χ1) is 12.3. The minimum atomic E-state index is -0.470. The summed E-state index contributed by atoms with van der Waals surface area (Å²) in [5, 5.41) is 4.54. The molecular formula is C23H26NP. The lowest BCUT2D eigenvalue weighted by atomic mass is 9.88. The van der Waals surface area contributed by atoms with Crippen LogP contribution in [0.5, 0.6) is 0 Å². The van der Waals surface area contributed by atoms with Crippen molar-refractivity contribution in [2.24, 2.45) is 0 Å². The lowest BCUT2D eigenvalue weighted by Gasteiger charge is -2.34. The van der Waals surface area contributed by atoms with Crippen LogP contribution in [0.2, 0.25) is 0 Å². The van der Waals surface area contributed by atoms with Crippen molar-refractivity contribution < 1.29 is 0 Å². The van der Waals surface area contributed by atoms with Gasteiger partial charge in [-0.2, -0.15) is 0 Å². The van der Waals surface area contributed by atoms with Gasteiger partial charge in [-0.3, -0.25) is 0 Å². The first kappa shape index (κ1) is 16.8. The summed E-state index contributed by atoms with van der Waals surface area (Å²) in [6, 6.07) is 22.8. The van der Waals surface area contributed by atoms with Crippen LogP contribution in [0.1, 0.15) is 25.7 Å². The zero-order valence-corrected chi connectivity index (χ0v) is 16.0. The molecule has 2 aliphatic carbocycles. The Hall–Kier alpha value is -1.69. The number of allylic oxidation sites excluding steroid dienone is 2. The van der Waals surface area contributed by atoms with Crippen LogP contribution in [0.25, 0.3) is 0 Å². The van der Waals surface area contributed by atoms with E-state index >= 15 is 0 Å². The molecule has 1 nitrogen and oxygen atoms in total. The van der Waals surface area contributed by atoms with E-state index in [2.05, 4.69) is 85.7 Å². The van der Waals surface area contributed by atoms with Crippen molar-refractivity contribution in [3.8, 4) is 0 Å².